The molecule has 114 valence electrons. The zero-order chi connectivity index (χ0) is 14.5. The van der Waals surface area contributed by atoms with Crippen LogP contribution in [0.4, 0.5) is 0 Å². The summed E-state index contributed by atoms with van der Waals surface area (Å²) in [6, 6.07) is -0.226. The van der Waals surface area contributed by atoms with Crippen molar-refractivity contribution in [3.63, 3.8) is 0 Å². The molecule has 19 heavy (non-hydrogen) atoms. The van der Waals surface area contributed by atoms with Crippen molar-refractivity contribution >= 4 is 20.2 Å². The maximum Gasteiger partial charge on any atom is 0.277 e. The number of nitrogens with one attached hydrogen (secondary N) is 2. The third kappa shape index (κ3) is 6.17. The van der Waals surface area contributed by atoms with Gasteiger partial charge in [0.05, 0.1) is 5.75 Å². The van der Waals surface area contributed by atoms with Crippen molar-refractivity contribution in [2.45, 2.75) is 39.2 Å². The molecular formula is C10H23N3O4S2. The SMILES string of the molecule is CC(C)NS(=O)(=O)NCCS(=O)(=O)N1CCCCC1. The summed E-state index contributed by atoms with van der Waals surface area (Å²) in [7, 11) is -6.97. The predicted octanol–water partition coefficient (Wildman–Crippen LogP) is -0.365. The standard InChI is InChI=1S/C10H23N3O4S2/c1-10(2)12-19(16,17)11-6-9-18(14,15)13-7-4-3-5-8-13/h10-12H,3-9H2,1-2H3. The first-order valence-electron chi connectivity index (χ1n) is 6.48. The first-order valence-corrected chi connectivity index (χ1v) is 9.57. The number of rotatable bonds is 7. The van der Waals surface area contributed by atoms with E-state index in [0.717, 1.165) is 19.3 Å². The lowest BCUT2D eigenvalue weighted by molar-refractivity contribution is 0.346. The molecule has 0 amide bonds. The summed E-state index contributed by atoms with van der Waals surface area (Å²) in [6.07, 6.45) is 2.80. The van der Waals surface area contributed by atoms with Crippen molar-refractivity contribution in [2.75, 3.05) is 25.4 Å². The third-order valence-electron chi connectivity index (χ3n) is 2.75. The highest BCUT2D eigenvalue weighted by Gasteiger charge is 2.24. The molecule has 1 heterocycles. The fraction of sp³-hybridized carbons (Fsp3) is 1.00. The van der Waals surface area contributed by atoms with E-state index >= 15 is 0 Å². The van der Waals surface area contributed by atoms with Crippen molar-refractivity contribution in [1.29, 1.82) is 0 Å². The average molecular weight is 313 g/mol. The van der Waals surface area contributed by atoms with E-state index in [0.29, 0.717) is 13.1 Å². The molecule has 0 bridgehead atoms. The predicted molar refractivity (Wildman–Crippen MR) is 74.4 cm³/mol. The van der Waals surface area contributed by atoms with E-state index in [1.165, 1.54) is 4.31 Å². The van der Waals surface area contributed by atoms with Gasteiger partial charge in [-0.3, -0.25) is 0 Å². The Morgan fingerprint density at radius 1 is 1.05 bits per heavy atom. The summed E-state index contributed by atoms with van der Waals surface area (Å²) in [6.45, 7) is 4.37. The summed E-state index contributed by atoms with van der Waals surface area (Å²) in [4.78, 5) is 0. The Bertz CT molecular complexity index is 467. The molecule has 0 unspecified atom stereocenters. The van der Waals surface area contributed by atoms with Gasteiger partial charge in [0.25, 0.3) is 10.2 Å². The normalized spacial score (nSPS) is 18.9. The molecular weight excluding hydrogens is 290 g/mol. The van der Waals surface area contributed by atoms with Crippen LogP contribution in [0, 0.1) is 0 Å². The molecule has 0 aliphatic carbocycles. The van der Waals surface area contributed by atoms with Gasteiger partial charge >= 0.3 is 0 Å². The van der Waals surface area contributed by atoms with Crippen LogP contribution in [-0.4, -0.2) is 52.6 Å². The van der Waals surface area contributed by atoms with Crippen molar-refractivity contribution in [3.05, 3.63) is 0 Å². The van der Waals surface area contributed by atoms with Gasteiger partial charge in [-0.1, -0.05) is 6.42 Å². The Kier molecular flexibility index (Phi) is 6.18. The Balaban J connectivity index is 2.43. The monoisotopic (exact) mass is 313 g/mol. The molecule has 0 radical (unpaired) electrons. The summed E-state index contributed by atoms with van der Waals surface area (Å²) in [5.41, 5.74) is 0. The summed E-state index contributed by atoms with van der Waals surface area (Å²) < 4.78 is 52.9. The number of hydrogen-bond donors (Lipinski definition) is 2. The van der Waals surface area contributed by atoms with E-state index in [9.17, 15) is 16.8 Å². The van der Waals surface area contributed by atoms with Crippen LogP contribution < -0.4 is 9.44 Å². The van der Waals surface area contributed by atoms with Gasteiger partial charge in [0, 0.05) is 25.7 Å². The summed E-state index contributed by atoms with van der Waals surface area (Å²) in [5.74, 6) is -0.202. The fourth-order valence-electron chi connectivity index (χ4n) is 1.93. The van der Waals surface area contributed by atoms with Crippen LogP contribution in [0.5, 0.6) is 0 Å². The summed E-state index contributed by atoms with van der Waals surface area (Å²) >= 11 is 0. The van der Waals surface area contributed by atoms with E-state index in [-0.39, 0.29) is 18.3 Å². The highest BCUT2D eigenvalue weighted by Crippen LogP contribution is 2.12. The molecule has 1 fully saturated rings. The molecule has 1 saturated heterocycles. The molecule has 0 aromatic heterocycles. The highest BCUT2D eigenvalue weighted by atomic mass is 32.2. The lowest BCUT2D eigenvalue weighted by Gasteiger charge is -2.25. The van der Waals surface area contributed by atoms with Gasteiger partial charge in [-0.25, -0.2) is 17.4 Å². The zero-order valence-corrected chi connectivity index (χ0v) is 13.1. The van der Waals surface area contributed by atoms with E-state index in [1.54, 1.807) is 13.8 Å². The van der Waals surface area contributed by atoms with Gasteiger partial charge in [0.1, 0.15) is 0 Å². The molecule has 0 atom stereocenters. The first kappa shape index (κ1) is 16.8. The van der Waals surface area contributed by atoms with Gasteiger partial charge in [0.2, 0.25) is 10.0 Å². The van der Waals surface area contributed by atoms with Crippen LogP contribution >= 0.6 is 0 Å². The third-order valence-corrected chi connectivity index (χ3v) is 5.99. The van der Waals surface area contributed by atoms with Gasteiger partial charge in [-0.15, -0.1) is 0 Å². The second-order valence-electron chi connectivity index (χ2n) is 4.95. The second-order valence-corrected chi connectivity index (χ2v) is 8.57. The molecule has 1 rings (SSSR count). The van der Waals surface area contributed by atoms with Crippen LogP contribution in [0.1, 0.15) is 33.1 Å². The Morgan fingerprint density at radius 2 is 1.63 bits per heavy atom. The Hall–Kier alpha value is -0.220. The Morgan fingerprint density at radius 3 is 2.16 bits per heavy atom. The van der Waals surface area contributed by atoms with Crippen LogP contribution in [0.15, 0.2) is 0 Å². The minimum absolute atomic E-state index is 0.110. The van der Waals surface area contributed by atoms with Gasteiger partial charge < -0.3 is 0 Å². The van der Waals surface area contributed by atoms with Crippen molar-refractivity contribution in [3.8, 4) is 0 Å². The minimum Gasteiger partial charge on any atom is -0.212 e. The van der Waals surface area contributed by atoms with E-state index in [2.05, 4.69) is 9.44 Å². The number of sulfonamides is 1. The molecule has 0 spiro atoms. The van der Waals surface area contributed by atoms with E-state index in [1.807, 2.05) is 0 Å². The quantitative estimate of drug-likeness (QED) is 0.670. The number of piperidine rings is 1. The lowest BCUT2D eigenvalue weighted by atomic mass is 10.2. The molecule has 0 saturated carbocycles. The van der Waals surface area contributed by atoms with E-state index < -0.39 is 20.2 Å². The van der Waals surface area contributed by atoms with Gasteiger partial charge in [-0.2, -0.15) is 13.1 Å². The van der Waals surface area contributed by atoms with Crippen LogP contribution in [0.2, 0.25) is 0 Å². The highest BCUT2D eigenvalue weighted by molar-refractivity contribution is 7.89. The molecule has 7 nitrogen and oxygen atoms in total. The fourth-order valence-corrected chi connectivity index (χ4v) is 4.57. The Labute approximate surface area is 116 Å². The molecule has 1 aliphatic rings. The minimum atomic E-state index is -3.62. The molecule has 9 heteroatoms. The van der Waals surface area contributed by atoms with Crippen molar-refractivity contribution in [1.82, 2.24) is 13.7 Å². The number of hydrogen-bond acceptors (Lipinski definition) is 4. The lowest BCUT2D eigenvalue weighted by Crippen LogP contribution is -2.44. The largest absolute Gasteiger partial charge is 0.277 e. The van der Waals surface area contributed by atoms with Crippen LogP contribution in [0.3, 0.4) is 0 Å². The molecule has 0 aromatic carbocycles. The number of nitrogens with zero attached hydrogens (tertiary/aromatic N) is 1. The maximum absolute atomic E-state index is 12.0. The smallest absolute Gasteiger partial charge is 0.212 e. The topological polar surface area (TPSA) is 95.6 Å². The van der Waals surface area contributed by atoms with Gasteiger partial charge in [-0.05, 0) is 26.7 Å². The van der Waals surface area contributed by atoms with Crippen molar-refractivity contribution < 1.29 is 16.8 Å². The van der Waals surface area contributed by atoms with Gasteiger partial charge in [0.15, 0.2) is 0 Å². The molecule has 2 N–H and O–H groups in total. The first-order chi connectivity index (χ1) is 8.73. The molecule has 0 aromatic rings. The summed E-state index contributed by atoms with van der Waals surface area (Å²) in [5, 5.41) is 0. The maximum atomic E-state index is 12.0. The molecule has 1 aliphatic heterocycles. The second kappa shape index (κ2) is 6.98. The van der Waals surface area contributed by atoms with E-state index in [4.69, 9.17) is 0 Å². The van der Waals surface area contributed by atoms with Crippen LogP contribution in [-0.2, 0) is 20.2 Å². The van der Waals surface area contributed by atoms with Crippen LogP contribution in [0.25, 0.3) is 0 Å². The zero-order valence-electron chi connectivity index (χ0n) is 11.4. The average Bonchev–Trinajstić information content (AvgIpc) is 2.27. The van der Waals surface area contributed by atoms with Crippen molar-refractivity contribution in [2.24, 2.45) is 0 Å².